The molecule has 0 atom stereocenters. The number of halogens is 1. The van der Waals surface area contributed by atoms with Crippen molar-refractivity contribution >= 4 is 27.5 Å². The van der Waals surface area contributed by atoms with Crippen LogP contribution < -0.4 is 0 Å². The highest BCUT2D eigenvalue weighted by Crippen LogP contribution is 2.07. The monoisotopic (exact) mass is 374 g/mol. The van der Waals surface area contributed by atoms with Gasteiger partial charge in [0, 0.05) is 11.1 Å². The van der Waals surface area contributed by atoms with Crippen LogP contribution in [0.15, 0.2) is 48.5 Å². The van der Waals surface area contributed by atoms with Gasteiger partial charge in [-0.15, -0.1) is 0 Å². The Morgan fingerprint density at radius 2 is 1.17 bits per heavy atom. The SMILES string of the molecule is CCc1ccc(C(=O)CBr)cc1.CCc1ccc(C(C)=O)cc1. The van der Waals surface area contributed by atoms with Gasteiger partial charge in [0.25, 0.3) is 0 Å². The van der Waals surface area contributed by atoms with Crippen LogP contribution in [-0.2, 0) is 12.8 Å². The van der Waals surface area contributed by atoms with Gasteiger partial charge in [-0.3, -0.25) is 9.59 Å². The van der Waals surface area contributed by atoms with Crippen LogP contribution in [0.1, 0.15) is 52.6 Å². The first-order valence-electron chi connectivity index (χ1n) is 7.79. The lowest BCUT2D eigenvalue weighted by Gasteiger charge is -1.98. The topological polar surface area (TPSA) is 34.1 Å². The van der Waals surface area contributed by atoms with Gasteiger partial charge in [0.1, 0.15) is 0 Å². The zero-order valence-corrected chi connectivity index (χ0v) is 15.5. The average Bonchev–Trinajstić information content (AvgIpc) is 2.61. The summed E-state index contributed by atoms with van der Waals surface area (Å²) in [5, 5.41) is 0.401. The zero-order chi connectivity index (χ0) is 17.2. The standard InChI is InChI=1S/C10H11BrO.C10H12O/c1-2-8-3-5-9(6-4-8)10(12)7-11;1-3-9-4-6-10(7-5-9)8(2)11/h3-6H,2,7H2,1H3;4-7H,3H2,1-2H3. The molecule has 23 heavy (non-hydrogen) atoms. The van der Waals surface area contributed by atoms with Crippen LogP contribution in [0, 0.1) is 0 Å². The number of carbonyl (C=O) groups is 2. The van der Waals surface area contributed by atoms with Crippen molar-refractivity contribution in [2.24, 2.45) is 0 Å². The molecule has 0 aromatic heterocycles. The zero-order valence-electron chi connectivity index (χ0n) is 13.9. The molecular weight excluding hydrogens is 352 g/mol. The van der Waals surface area contributed by atoms with Gasteiger partial charge in [0.15, 0.2) is 11.6 Å². The molecule has 0 fully saturated rings. The van der Waals surface area contributed by atoms with Gasteiger partial charge in [0.05, 0.1) is 5.33 Å². The van der Waals surface area contributed by atoms with Crippen molar-refractivity contribution in [2.75, 3.05) is 5.33 Å². The van der Waals surface area contributed by atoms with E-state index in [1.807, 2.05) is 48.5 Å². The van der Waals surface area contributed by atoms with Crippen molar-refractivity contribution in [3.05, 3.63) is 70.8 Å². The first kappa shape index (κ1) is 19.3. The molecule has 2 aromatic carbocycles. The van der Waals surface area contributed by atoms with E-state index in [0.717, 1.165) is 24.0 Å². The minimum absolute atomic E-state index is 0.132. The van der Waals surface area contributed by atoms with E-state index in [0.29, 0.717) is 5.33 Å². The number of benzene rings is 2. The molecule has 0 aliphatic rings. The van der Waals surface area contributed by atoms with Crippen molar-refractivity contribution in [2.45, 2.75) is 33.6 Å². The quantitative estimate of drug-likeness (QED) is 0.526. The summed E-state index contributed by atoms with van der Waals surface area (Å²) in [6, 6.07) is 15.5. The van der Waals surface area contributed by atoms with Gasteiger partial charge >= 0.3 is 0 Å². The molecule has 3 heteroatoms. The first-order valence-corrected chi connectivity index (χ1v) is 8.91. The van der Waals surface area contributed by atoms with Crippen LogP contribution in [0.3, 0.4) is 0 Å². The summed E-state index contributed by atoms with van der Waals surface area (Å²) in [6.07, 6.45) is 2.04. The predicted octanol–water partition coefficient (Wildman–Crippen LogP) is 5.28. The summed E-state index contributed by atoms with van der Waals surface area (Å²) in [6.45, 7) is 5.78. The Kier molecular flexibility index (Phi) is 8.49. The Labute approximate surface area is 147 Å². The third-order valence-corrected chi connectivity index (χ3v) is 4.08. The summed E-state index contributed by atoms with van der Waals surface area (Å²) >= 11 is 3.14. The molecule has 2 aromatic rings. The van der Waals surface area contributed by atoms with Crippen molar-refractivity contribution in [3.63, 3.8) is 0 Å². The maximum Gasteiger partial charge on any atom is 0.173 e. The second-order valence-corrected chi connectivity index (χ2v) is 5.77. The van der Waals surface area contributed by atoms with E-state index in [1.54, 1.807) is 6.92 Å². The van der Waals surface area contributed by atoms with Crippen molar-refractivity contribution < 1.29 is 9.59 Å². The molecule has 2 nitrogen and oxygen atoms in total. The molecule has 0 saturated carbocycles. The molecule has 122 valence electrons. The van der Waals surface area contributed by atoms with Gasteiger partial charge in [-0.2, -0.15) is 0 Å². The van der Waals surface area contributed by atoms with E-state index in [-0.39, 0.29) is 11.6 Å². The molecule has 0 heterocycles. The van der Waals surface area contributed by atoms with E-state index >= 15 is 0 Å². The fourth-order valence-corrected chi connectivity index (χ4v) is 2.30. The van der Waals surface area contributed by atoms with E-state index in [1.165, 1.54) is 11.1 Å². The maximum absolute atomic E-state index is 11.2. The Morgan fingerprint density at radius 1 is 0.783 bits per heavy atom. The number of alkyl halides is 1. The molecule has 0 bridgehead atoms. The van der Waals surface area contributed by atoms with Gasteiger partial charge < -0.3 is 0 Å². The second-order valence-electron chi connectivity index (χ2n) is 5.21. The fraction of sp³-hybridized carbons (Fsp3) is 0.300. The molecule has 0 radical (unpaired) electrons. The van der Waals surface area contributed by atoms with Crippen molar-refractivity contribution in [1.82, 2.24) is 0 Å². The van der Waals surface area contributed by atoms with Gasteiger partial charge in [-0.05, 0) is 30.9 Å². The molecular formula is C20H23BrO2. The highest BCUT2D eigenvalue weighted by Gasteiger charge is 2.01. The molecule has 2 rings (SSSR count). The average molecular weight is 375 g/mol. The molecule has 0 unspecified atom stereocenters. The highest BCUT2D eigenvalue weighted by molar-refractivity contribution is 9.09. The summed E-state index contributed by atoms with van der Waals surface area (Å²) in [5.74, 6) is 0.269. The fourth-order valence-electron chi connectivity index (χ4n) is 1.98. The Bertz CT molecular complexity index is 628. The lowest BCUT2D eigenvalue weighted by atomic mass is 10.1. The lowest BCUT2D eigenvalue weighted by molar-refractivity contribution is 0.101. The smallest absolute Gasteiger partial charge is 0.173 e. The lowest BCUT2D eigenvalue weighted by Crippen LogP contribution is -1.99. The third kappa shape index (κ3) is 6.49. The molecule has 0 aliphatic carbocycles. The number of ketones is 2. The van der Waals surface area contributed by atoms with E-state index in [4.69, 9.17) is 0 Å². The van der Waals surface area contributed by atoms with Crippen molar-refractivity contribution in [1.29, 1.82) is 0 Å². The van der Waals surface area contributed by atoms with Gasteiger partial charge in [-0.25, -0.2) is 0 Å². The predicted molar refractivity (Wildman–Crippen MR) is 99.8 cm³/mol. The maximum atomic E-state index is 11.2. The van der Waals surface area contributed by atoms with E-state index < -0.39 is 0 Å². The molecule has 0 aliphatic heterocycles. The Balaban J connectivity index is 0.000000231. The second kappa shape index (κ2) is 10.1. The van der Waals surface area contributed by atoms with E-state index in [9.17, 15) is 9.59 Å². The molecule has 0 saturated heterocycles. The number of rotatable bonds is 5. The Morgan fingerprint density at radius 3 is 1.48 bits per heavy atom. The Hall–Kier alpha value is -1.74. The molecule has 0 amide bonds. The number of Topliss-reactive ketones (excluding diaryl/α,β-unsaturated/α-hetero) is 2. The van der Waals surface area contributed by atoms with Crippen LogP contribution >= 0.6 is 15.9 Å². The number of carbonyl (C=O) groups excluding carboxylic acids is 2. The van der Waals surface area contributed by atoms with Crippen molar-refractivity contribution in [3.8, 4) is 0 Å². The van der Waals surface area contributed by atoms with Crippen LogP contribution in [0.4, 0.5) is 0 Å². The van der Waals surface area contributed by atoms with Crippen LogP contribution in [0.25, 0.3) is 0 Å². The van der Waals surface area contributed by atoms with Crippen LogP contribution in [-0.4, -0.2) is 16.9 Å². The molecule has 0 spiro atoms. The van der Waals surface area contributed by atoms with Crippen LogP contribution in [0.5, 0.6) is 0 Å². The largest absolute Gasteiger partial charge is 0.295 e. The summed E-state index contributed by atoms with van der Waals surface area (Å²) in [5.41, 5.74) is 4.11. The minimum atomic E-state index is 0.132. The summed E-state index contributed by atoms with van der Waals surface area (Å²) in [4.78, 5) is 22.0. The third-order valence-electron chi connectivity index (χ3n) is 3.57. The van der Waals surface area contributed by atoms with Gasteiger partial charge in [-0.1, -0.05) is 78.3 Å². The molecule has 0 N–H and O–H groups in total. The summed E-state index contributed by atoms with van der Waals surface area (Å²) < 4.78 is 0. The normalized spacial score (nSPS) is 9.74. The van der Waals surface area contributed by atoms with Crippen LogP contribution in [0.2, 0.25) is 0 Å². The number of hydrogen-bond donors (Lipinski definition) is 0. The number of hydrogen-bond acceptors (Lipinski definition) is 2. The van der Waals surface area contributed by atoms with Gasteiger partial charge in [0.2, 0.25) is 0 Å². The number of aryl methyl sites for hydroxylation is 2. The van der Waals surface area contributed by atoms with E-state index in [2.05, 4.69) is 29.8 Å². The first-order chi connectivity index (χ1) is 11.0. The summed E-state index contributed by atoms with van der Waals surface area (Å²) in [7, 11) is 0. The minimum Gasteiger partial charge on any atom is -0.295 e. The highest BCUT2D eigenvalue weighted by atomic mass is 79.9.